The van der Waals surface area contributed by atoms with E-state index in [1.54, 1.807) is 0 Å². The van der Waals surface area contributed by atoms with E-state index in [4.69, 9.17) is 0 Å². The lowest BCUT2D eigenvalue weighted by molar-refractivity contribution is 1.22. The zero-order chi connectivity index (χ0) is 5.54. The Bertz CT molecular complexity index is 68.1. The fourth-order valence-corrected chi connectivity index (χ4v) is 0.326. The molecule has 0 heteroatoms. The zero-order valence-electron chi connectivity index (χ0n) is 5.02. The fourth-order valence-electron chi connectivity index (χ4n) is 0.326. The topological polar surface area (TPSA) is 0 Å². The lowest BCUT2D eigenvalue weighted by Gasteiger charge is -1.70. The average Bonchev–Trinajstić information content (AvgIpc) is 1.69. The van der Waals surface area contributed by atoms with E-state index in [9.17, 15) is 0 Å². The van der Waals surface area contributed by atoms with Crippen LogP contribution in [-0.2, 0) is 0 Å². The van der Waals surface area contributed by atoms with Gasteiger partial charge < -0.3 is 0 Å². The fraction of sp³-hybridized carbons (Fsp3) is 0.429. The summed E-state index contributed by atoms with van der Waals surface area (Å²) in [5.41, 5.74) is 0. The molecule has 0 saturated carbocycles. The third-order valence-electron chi connectivity index (χ3n) is 0.675. The van der Waals surface area contributed by atoms with Gasteiger partial charge in [0.05, 0.1) is 0 Å². The highest BCUT2D eigenvalue weighted by atomic mass is 13.6. The third-order valence-corrected chi connectivity index (χ3v) is 0.675. The van der Waals surface area contributed by atoms with Crippen molar-refractivity contribution in [2.75, 3.05) is 0 Å². The molecule has 0 amide bonds. The van der Waals surface area contributed by atoms with Crippen LogP contribution >= 0.6 is 0 Å². The molecule has 0 N–H and O–H groups in total. The molecule has 0 aliphatic carbocycles. The number of rotatable bonds is 2. The monoisotopic (exact) mass is 96.1 g/mol. The minimum absolute atomic E-state index is 1.13. The van der Waals surface area contributed by atoms with Crippen molar-refractivity contribution in [2.24, 2.45) is 0 Å². The summed E-state index contributed by atoms with van der Waals surface area (Å²) >= 11 is 0. The molecule has 0 radical (unpaired) electrons. The van der Waals surface area contributed by atoms with Crippen molar-refractivity contribution in [3.8, 4) is 0 Å². The van der Waals surface area contributed by atoms with Crippen LogP contribution in [0.25, 0.3) is 0 Å². The van der Waals surface area contributed by atoms with Crippen LogP contribution in [0.5, 0.6) is 0 Å². The van der Waals surface area contributed by atoms with Gasteiger partial charge in [0, 0.05) is 0 Å². The quantitative estimate of drug-likeness (QED) is 0.463. The SMILES string of the molecule is C/C=C/C=C\CC. The molecule has 0 spiro atoms. The van der Waals surface area contributed by atoms with Crippen LogP contribution in [0, 0.1) is 0 Å². The van der Waals surface area contributed by atoms with Crippen molar-refractivity contribution >= 4 is 0 Å². The van der Waals surface area contributed by atoms with Gasteiger partial charge in [-0.1, -0.05) is 31.2 Å². The molecule has 0 fully saturated rings. The minimum Gasteiger partial charge on any atom is -0.0877 e. The molecular weight excluding hydrogens is 84.1 g/mol. The van der Waals surface area contributed by atoms with E-state index in [1.807, 2.05) is 19.1 Å². The van der Waals surface area contributed by atoms with Gasteiger partial charge in [-0.2, -0.15) is 0 Å². The van der Waals surface area contributed by atoms with Gasteiger partial charge in [-0.25, -0.2) is 0 Å². The second-order valence-electron chi connectivity index (χ2n) is 1.36. The predicted molar refractivity (Wildman–Crippen MR) is 34.2 cm³/mol. The highest BCUT2D eigenvalue weighted by Gasteiger charge is 1.57. The minimum atomic E-state index is 1.13. The molecule has 0 rings (SSSR count). The molecule has 0 nitrogen and oxygen atoms in total. The summed E-state index contributed by atoms with van der Waals surface area (Å²) < 4.78 is 0. The van der Waals surface area contributed by atoms with Gasteiger partial charge in [0.15, 0.2) is 0 Å². The Morgan fingerprint density at radius 1 is 1.29 bits per heavy atom. The first-order chi connectivity index (χ1) is 3.41. The Kier molecular flexibility index (Phi) is 5.07. The smallest absolute Gasteiger partial charge is 0.0376 e. The predicted octanol–water partition coefficient (Wildman–Crippen LogP) is 2.53. The van der Waals surface area contributed by atoms with E-state index in [0.29, 0.717) is 0 Å². The maximum Gasteiger partial charge on any atom is -0.0376 e. The first-order valence-corrected chi connectivity index (χ1v) is 2.69. The molecule has 0 atom stereocenters. The Labute approximate surface area is 45.5 Å². The van der Waals surface area contributed by atoms with Crippen molar-refractivity contribution < 1.29 is 0 Å². The maximum absolute atomic E-state index is 2.12. The van der Waals surface area contributed by atoms with Gasteiger partial charge in [0.25, 0.3) is 0 Å². The van der Waals surface area contributed by atoms with Gasteiger partial charge >= 0.3 is 0 Å². The molecule has 0 saturated heterocycles. The second kappa shape index (κ2) is 5.48. The van der Waals surface area contributed by atoms with Crippen molar-refractivity contribution in [1.82, 2.24) is 0 Å². The number of hydrogen-bond acceptors (Lipinski definition) is 0. The van der Waals surface area contributed by atoms with Gasteiger partial charge in [0.1, 0.15) is 0 Å². The Morgan fingerprint density at radius 2 is 2.00 bits per heavy atom. The molecular formula is C7H12. The van der Waals surface area contributed by atoms with Gasteiger partial charge in [0.2, 0.25) is 0 Å². The largest absolute Gasteiger partial charge is 0.0877 e. The Morgan fingerprint density at radius 3 is 2.43 bits per heavy atom. The summed E-state index contributed by atoms with van der Waals surface area (Å²) in [4.78, 5) is 0. The summed E-state index contributed by atoms with van der Waals surface area (Å²) in [7, 11) is 0. The average molecular weight is 96.2 g/mol. The summed E-state index contributed by atoms with van der Waals surface area (Å²) in [6.45, 7) is 4.14. The van der Waals surface area contributed by atoms with E-state index in [2.05, 4.69) is 19.1 Å². The van der Waals surface area contributed by atoms with Crippen LogP contribution < -0.4 is 0 Å². The van der Waals surface area contributed by atoms with Crippen molar-refractivity contribution in [3.05, 3.63) is 24.3 Å². The highest BCUT2D eigenvalue weighted by molar-refractivity contribution is 5.00. The summed E-state index contributed by atoms with van der Waals surface area (Å²) in [5.74, 6) is 0. The van der Waals surface area contributed by atoms with Gasteiger partial charge in [-0.05, 0) is 13.3 Å². The lowest BCUT2D eigenvalue weighted by Crippen LogP contribution is -1.48. The summed E-state index contributed by atoms with van der Waals surface area (Å²) in [5, 5.41) is 0. The van der Waals surface area contributed by atoms with Crippen molar-refractivity contribution in [3.63, 3.8) is 0 Å². The molecule has 0 heterocycles. The zero-order valence-corrected chi connectivity index (χ0v) is 5.02. The van der Waals surface area contributed by atoms with Crippen LogP contribution in [0.3, 0.4) is 0 Å². The molecule has 0 aliphatic rings. The number of hydrogen-bond donors (Lipinski definition) is 0. The van der Waals surface area contributed by atoms with E-state index >= 15 is 0 Å². The van der Waals surface area contributed by atoms with E-state index < -0.39 is 0 Å². The standard InChI is InChI=1S/C7H12/c1-3-5-7-6-4-2/h3,5-7H,4H2,1-2H3/b5-3+,7-6-. The molecule has 0 aromatic carbocycles. The van der Waals surface area contributed by atoms with Crippen LogP contribution in [0.15, 0.2) is 24.3 Å². The molecule has 40 valence electrons. The normalized spacial score (nSPS) is 11.7. The van der Waals surface area contributed by atoms with Crippen LogP contribution in [0.4, 0.5) is 0 Å². The van der Waals surface area contributed by atoms with Crippen LogP contribution in [-0.4, -0.2) is 0 Å². The Balaban J connectivity index is 3.09. The van der Waals surface area contributed by atoms with Crippen LogP contribution in [0.1, 0.15) is 20.3 Å². The summed E-state index contributed by atoms with van der Waals surface area (Å²) in [6, 6.07) is 0. The molecule has 0 bridgehead atoms. The van der Waals surface area contributed by atoms with Crippen LogP contribution in [0.2, 0.25) is 0 Å². The molecule has 0 aliphatic heterocycles. The third kappa shape index (κ3) is 5.48. The summed E-state index contributed by atoms with van der Waals surface area (Å²) in [6.07, 6.45) is 9.36. The molecule has 0 aromatic heterocycles. The second-order valence-corrected chi connectivity index (χ2v) is 1.36. The van der Waals surface area contributed by atoms with Gasteiger partial charge in [-0.15, -0.1) is 0 Å². The van der Waals surface area contributed by atoms with E-state index in [-0.39, 0.29) is 0 Å². The van der Waals surface area contributed by atoms with Gasteiger partial charge in [-0.3, -0.25) is 0 Å². The first kappa shape index (κ1) is 6.48. The highest BCUT2D eigenvalue weighted by Crippen LogP contribution is 1.79. The van der Waals surface area contributed by atoms with E-state index in [1.165, 1.54) is 0 Å². The maximum atomic E-state index is 2.12. The first-order valence-electron chi connectivity index (χ1n) is 2.69. The lowest BCUT2D eigenvalue weighted by atomic mass is 10.4. The number of allylic oxidation sites excluding steroid dienone is 4. The van der Waals surface area contributed by atoms with E-state index in [0.717, 1.165) is 6.42 Å². The molecule has 7 heavy (non-hydrogen) atoms. The Hall–Kier alpha value is -0.520. The van der Waals surface area contributed by atoms with Crippen molar-refractivity contribution in [2.45, 2.75) is 20.3 Å². The van der Waals surface area contributed by atoms with Crippen molar-refractivity contribution in [1.29, 1.82) is 0 Å². The molecule has 0 aromatic rings. The molecule has 0 unspecified atom stereocenters.